The first-order valence-electron chi connectivity index (χ1n) is 6.68. The number of carbonyl (C=O) groups is 2. The summed E-state index contributed by atoms with van der Waals surface area (Å²) in [5, 5.41) is 10.5. The molecule has 0 saturated heterocycles. The summed E-state index contributed by atoms with van der Waals surface area (Å²) in [5.41, 5.74) is 4.22. The molecule has 0 aliphatic heterocycles. The predicted octanol–water partition coefficient (Wildman–Crippen LogP) is 1.57. The maximum Gasteiger partial charge on any atom is 0.276 e. The summed E-state index contributed by atoms with van der Waals surface area (Å²) < 4.78 is 18.0. The smallest absolute Gasteiger partial charge is 0.276 e. The molecule has 0 spiro atoms. The topological polar surface area (TPSA) is 111 Å². The van der Waals surface area contributed by atoms with Crippen molar-refractivity contribution in [3.05, 3.63) is 70.0 Å². The quantitative estimate of drug-likeness (QED) is 0.637. The van der Waals surface area contributed by atoms with E-state index in [1.807, 2.05) is 0 Å². The Hall–Kier alpha value is -3.49. The predicted molar refractivity (Wildman–Crippen MR) is 80.6 cm³/mol. The number of ether oxygens (including phenoxy) is 1. The number of nitrogens with one attached hydrogen (secondary N) is 2. The minimum Gasteiger partial charge on any atom is -0.484 e. The second-order valence-corrected chi connectivity index (χ2v) is 4.55. The van der Waals surface area contributed by atoms with Gasteiger partial charge in [0.25, 0.3) is 17.5 Å². The maximum absolute atomic E-state index is 12.9. The number of amides is 2. The second-order valence-electron chi connectivity index (χ2n) is 4.55. The number of hydrazine groups is 1. The first kappa shape index (κ1) is 16.9. The van der Waals surface area contributed by atoms with E-state index in [-0.39, 0.29) is 17.0 Å². The van der Waals surface area contributed by atoms with Crippen molar-refractivity contribution in [2.75, 3.05) is 6.61 Å². The third-order valence-corrected chi connectivity index (χ3v) is 2.82. The SMILES string of the molecule is O=C(COc1cccc(F)c1)NNC(=O)c1ccc([N+](=O)[O-])cc1. The number of nitro groups is 1. The Morgan fingerprint density at radius 3 is 2.46 bits per heavy atom. The number of hydrogen-bond donors (Lipinski definition) is 2. The Morgan fingerprint density at radius 1 is 1.12 bits per heavy atom. The number of nitrogens with zero attached hydrogens (tertiary/aromatic N) is 1. The lowest BCUT2D eigenvalue weighted by atomic mass is 10.2. The van der Waals surface area contributed by atoms with E-state index in [0.717, 1.165) is 6.07 Å². The summed E-state index contributed by atoms with van der Waals surface area (Å²) in [6.45, 7) is -0.427. The van der Waals surface area contributed by atoms with Gasteiger partial charge in [-0.05, 0) is 24.3 Å². The Balaban J connectivity index is 1.80. The summed E-state index contributed by atoms with van der Waals surface area (Å²) in [5.74, 6) is -1.63. The molecule has 2 amide bonds. The highest BCUT2D eigenvalue weighted by molar-refractivity contribution is 5.95. The minimum atomic E-state index is -0.658. The molecule has 0 heterocycles. The van der Waals surface area contributed by atoms with Gasteiger partial charge in [-0.25, -0.2) is 4.39 Å². The lowest BCUT2D eigenvalue weighted by Gasteiger charge is -2.08. The molecule has 0 aliphatic carbocycles. The van der Waals surface area contributed by atoms with Gasteiger partial charge in [0.05, 0.1) is 4.92 Å². The fourth-order valence-electron chi connectivity index (χ4n) is 1.67. The lowest BCUT2D eigenvalue weighted by molar-refractivity contribution is -0.384. The summed E-state index contributed by atoms with van der Waals surface area (Å²) in [6, 6.07) is 10.1. The number of rotatable bonds is 5. The average molecular weight is 333 g/mol. The van der Waals surface area contributed by atoms with Gasteiger partial charge in [0.15, 0.2) is 6.61 Å². The van der Waals surface area contributed by atoms with Crippen LogP contribution in [0.25, 0.3) is 0 Å². The van der Waals surface area contributed by atoms with Crippen molar-refractivity contribution in [1.82, 2.24) is 10.9 Å². The van der Waals surface area contributed by atoms with E-state index in [1.165, 1.54) is 42.5 Å². The Kier molecular flexibility index (Phi) is 5.40. The molecule has 0 aromatic heterocycles. The van der Waals surface area contributed by atoms with Crippen molar-refractivity contribution < 1.29 is 23.6 Å². The molecular formula is C15H12FN3O5. The van der Waals surface area contributed by atoms with Crippen molar-refractivity contribution >= 4 is 17.5 Å². The van der Waals surface area contributed by atoms with Gasteiger partial charge in [0, 0.05) is 23.8 Å². The minimum absolute atomic E-state index is 0.131. The number of carbonyl (C=O) groups excluding carboxylic acids is 2. The molecule has 0 saturated carbocycles. The van der Waals surface area contributed by atoms with Gasteiger partial charge in [-0.15, -0.1) is 0 Å². The van der Waals surface area contributed by atoms with Crippen LogP contribution in [0.4, 0.5) is 10.1 Å². The Morgan fingerprint density at radius 2 is 1.83 bits per heavy atom. The van der Waals surface area contributed by atoms with Crippen molar-refractivity contribution in [3.8, 4) is 5.75 Å². The van der Waals surface area contributed by atoms with Crippen LogP contribution < -0.4 is 15.6 Å². The summed E-state index contributed by atoms with van der Waals surface area (Å²) in [4.78, 5) is 33.2. The van der Waals surface area contributed by atoms with Crippen molar-refractivity contribution in [2.45, 2.75) is 0 Å². The van der Waals surface area contributed by atoms with Gasteiger partial charge < -0.3 is 4.74 Å². The molecule has 0 bridgehead atoms. The van der Waals surface area contributed by atoms with Gasteiger partial charge >= 0.3 is 0 Å². The molecule has 0 unspecified atom stereocenters. The summed E-state index contributed by atoms with van der Waals surface area (Å²) >= 11 is 0. The highest BCUT2D eigenvalue weighted by atomic mass is 19.1. The zero-order chi connectivity index (χ0) is 17.5. The van der Waals surface area contributed by atoms with Gasteiger partial charge in [0.1, 0.15) is 11.6 Å². The normalized spacial score (nSPS) is 9.88. The fourth-order valence-corrected chi connectivity index (χ4v) is 1.67. The van der Waals surface area contributed by atoms with Crippen molar-refractivity contribution in [1.29, 1.82) is 0 Å². The van der Waals surface area contributed by atoms with Crippen LogP contribution in [0, 0.1) is 15.9 Å². The largest absolute Gasteiger partial charge is 0.484 e. The highest BCUT2D eigenvalue weighted by Crippen LogP contribution is 2.12. The van der Waals surface area contributed by atoms with Crippen LogP contribution in [0.1, 0.15) is 10.4 Å². The van der Waals surface area contributed by atoms with Crippen LogP contribution in [0.3, 0.4) is 0 Å². The third-order valence-electron chi connectivity index (χ3n) is 2.82. The molecule has 0 atom stereocenters. The lowest BCUT2D eigenvalue weighted by Crippen LogP contribution is -2.43. The van der Waals surface area contributed by atoms with Crippen LogP contribution in [0.2, 0.25) is 0 Å². The number of benzene rings is 2. The average Bonchev–Trinajstić information content (AvgIpc) is 2.58. The maximum atomic E-state index is 12.9. The third kappa shape index (κ3) is 4.77. The number of hydrogen-bond acceptors (Lipinski definition) is 5. The zero-order valence-corrected chi connectivity index (χ0v) is 12.2. The fraction of sp³-hybridized carbons (Fsp3) is 0.0667. The van der Waals surface area contributed by atoms with E-state index in [4.69, 9.17) is 4.74 Å². The van der Waals surface area contributed by atoms with E-state index < -0.39 is 29.2 Å². The zero-order valence-electron chi connectivity index (χ0n) is 12.2. The molecule has 9 heteroatoms. The van der Waals surface area contributed by atoms with Gasteiger partial charge in [-0.1, -0.05) is 6.07 Å². The first-order chi connectivity index (χ1) is 11.5. The molecule has 2 aromatic rings. The van der Waals surface area contributed by atoms with Gasteiger partial charge in [-0.2, -0.15) is 0 Å². The monoisotopic (exact) mass is 333 g/mol. The molecule has 8 nitrogen and oxygen atoms in total. The summed E-state index contributed by atoms with van der Waals surface area (Å²) in [6.07, 6.45) is 0. The van der Waals surface area contributed by atoms with E-state index in [9.17, 15) is 24.1 Å². The van der Waals surface area contributed by atoms with Crippen LogP contribution in [-0.2, 0) is 4.79 Å². The van der Waals surface area contributed by atoms with Crippen LogP contribution in [0.5, 0.6) is 5.75 Å². The molecule has 0 aliphatic rings. The molecule has 2 N–H and O–H groups in total. The van der Waals surface area contributed by atoms with E-state index in [1.54, 1.807) is 0 Å². The highest BCUT2D eigenvalue weighted by Gasteiger charge is 2.10. The molecular weight excluding hydrogens is 321 g/mol. The van der Waals surface area contributed by atoms with E-state index in [0.29, 0.717) is 0 Å². The molecule has 2 aromatic carbocycles. The second kappa shape index (κ2) is 7.68. The standard InChI is InChI=1S/C15H12FN3O5/c16-11-2-1-3-13(8-11)24-9-14(20)17-18-15(21)10-4-6-12(7-5-10)19(22)23/h1-8H,9H2,(H,17,20)(H,18,21). The van der Waals surface area contributed by atoms with E-state index >= 15 is 0 Å². The molecule has 0 radical (unpaired) electrons. The molecule has 2 rings (SSSR count). The van der Waals surface area contributed by atoms with Crippen molar-refractivity contribution in [2.24, 2.45) is 0 Å². The van der Waals surface area contributed by atoms with Gasteiger partial charge in [-0.3, -0.25) is 30.6 Å². The molecule has 124 valence electrons. The molecule has 24 heavy (non-hydrogen) atoms. The van der Waals surface area contributed by atoms with Crippen LogP contribution in [0.15, 0.2) is 48.5 Å². The van der Waals surface area contributed by atoms with Crippen molar-refractivity contribution in [3.63, 3.8) is 0 Å². The Bertz CT molecular complexity index is 764. The number of halogens is 1. The van der Waals surface area contributed by atoms with E-state index in [2.05, 4.69) is 10.9 Å². The van der Waals surface area contributed by atoms with Gasteiger partial charge in [0.2, 0.25) is 0 Å². The Labute approximate surface area is 135 Å². The number of nitro benzene ring substituents is 1. The van der Waals surface area contributed by atoms with Crippen LogP contribution in [-0.4, -0.2) is 23.3 Å². The summed E-state index contributed by atoms with van der Waals surface area (Å²) in [7, 11) is 0. The number of non-ortho nitro benzene ring substituents is 1. The van der Waals surface area contributed by atoms with Crippen LogP contribution >= 0.6 is 0 Å². The first-order valence-corrected chi connectivity index (χ1v) is 6.68. The molecule has 0 fully saturated rings.